The summed E-state index contributed by atoms with van der Waals surface area (Å²) in [5, 5.41) is 4.83. The van der Waals surface area contributed by atoms with Crippen molar-refractivity contribution in [3.05, 3.63) is 35.0 Å². The minimum Gasteiger partial charge on any atom is -0.459 e. The highest BCUT2D eigenvalue weighted by Gasteiger charge is 2.31. The molecule has 152 valence electrons. The Morgan fingerprint density at radius 1 is 1.21 bits per heavy atom. The van der Waals surface area contributed by atoms with E-state index in [1.54, 1.807) is 0 Å². The number of piperidine rings is 2. The van der Waals surface area contributed by atoms with E-state index < -0.39 is 0 Å². The highest BCUT2D eigenvalue weighted by atomic mass is 35.5. The molecule has 1 aromatic carbocycles. The van der Waals surface area contributed by atoms with Crippen LogP contribution in [0.5, 0.6) is 0 Å². The monoisotopic (exact) mass is 403 g/mol. The second-order valence-corrected chi connectivity index (χ2v) is 8.87. The number of carbonyl (C=O) groups is 1. The first kappa shape index (κ1) is 19.7. The van der Waals surface area contributed by atoms with Gasteiger partial charge in [-0.3, -0.25) is 9.69 Å². The van der Waals surface area contributed by atoms with E-state index in [4.69, 9.17) is 16.0 Å². The number of likely N-dealkylation sites (tertiary alicyclic amines) is 2. The van der Waals surface area contributed by atoms with Crippen LogP contribution in [0.4, 0.5) is 0 Å². The lowest BCUT2D eigenvalue weighted by Crippen LogP contribution is -2.50. The van der Waals surface area contributed by atoms with Crippen molar-refractivity contribution >= 4 is 28.5 Å². The summed E-state index contributed by atoms with van der Waals surface area (Å²) in [4.78, 5) is 17.9. The summed E-state index contributed by atoms with van der Waals surface area (Å²) in [6.07, 6.45) is 4.49. The first-order valence-corrected chi connectivity index (χ1v) is 10.8. The SMILES string of the molecule is CC(NC(=O)C1CCCN(C2CCN(C)CC2)C1)c1cc2cc(Cl)ccc2o1. The van der Waals surface area contributed by atoms with Gasteiger partial charge in [0.05, 0.1) is 12.0 Å². The van der Waals surface area contributed by atoms with Gasteiger partial charge in [0.2, 0.25) is 5.91 Å². The van der Waals surface area contributed by atoms with Crippen LogP contribution in [0.15, 0.2) is 28.7 Å². The van der Waals surface area contributed by atoms with Gasteiger partial charge in [0.25, 0.3) is 0 Å². The van der Waals surface area contributed by atoms with Crippen LogP contribution in [-0.4, -0.2) is 55.0 Å². The lowest BCUT2D eigenvalue weighted by Gasteiger charge is -2.41. The molecular formula is C22H30ClN3O2. The van der Waals surface area contributed by atoms with Gasteiger partial charge in [-0.1, -0.05) is 11.6 Å². The van der Waals surface area contributed by atoms with Crippen LogP contribution in [0.25, 0.3) is 11.0 Å². The Labute approximate surface area is 172 Å². The second kappa shape index (κ2) is 8.44. The number of fused-ring (bicyclic) bond motifs is 1. The van der Waals surface area contributed by atoms with Crippen LogP contribution in [0.1, 0.15) is 44.4 Å². The van der Waals surface area contributed by atoms with E-state index in [2.05, 4.69) is 22.2 Å². The lowest BCUT2D eigenvalue weighted by molar-refractivity contribution is -0.128. The molecule has 0 aliphatic carbocycles. The molecule has 28 heavy (non-hydrogen) atoms. The number of nitrogens with one attached hydrogen (secondary N) is 1. The summed E-state index contributed by atoms with van der Waals surface area (Å²) in [7, 11) is 2.19. The molecule has 1 amide bonds. The predicted molar refractivity (Wildman–Crippen MR) is 113 cm³/mol. The van der Waals surface area contributed by atoms with Gasteiger partial charge in [-0.25, -0.2) is 0 Å². The molecule has 3 heterocycles. The Kier molecular flexibility index (Phi) is 5.95. The molecule has 2 aliphatic rings. The van der Waals surface area contributed by atoms with Gasteiger partial charge in [0, 0.05) is 23.0 Å². The zero-order chi connectivity index (χ0) is 19.7. The quantitative estimate of drug-likeness (QED) is 0.835. The van der Waals surface area contributed by atoms with E-state index >= 15 is 0 Å². The number of hydrogen-bond donors (Lipinski definition) is 1. The molecule has 2 saturated heterocycles. The van der Waals surface area contributed by atoms with Crippen LogP contribution in [0, 0.1) is 5.92 Å². The molecule has 0 radical (unpaired) electrons. The fourth-order valence-electron chi connectivity index (χ4n) is 4.56. The molecule has 2 unspecified atom stereocenters. The van der Waals surface area contributed by atoms with Crippen LogP contribution >= 0.6 is 11.6 Å². The van der Waals surface area contributed by atoms with Gasteiger partial charge in [-0.2, -0.15) is 0 Å². The van der Waals surface area contributed by atoms with E-state index in [0.717, 1.165) is 55.8 Å². The van der Waals surface area contributed by atoms with Crippen molar-refractivity contribution < 1.29 is 9.21 Å². The molecule has 0 bridgehead atoms. The third-order valence-electron chi connectivity index (χ3n) is 6.31. The smallest absolute Gasteiger partial charge is 0.224 e. The topological polar surface area (TPSA) is 48.7 Å². The van der Waals surface area contributed by atoms with E-state index in [9.17, 15) is 4.79 Å². The lowest BCUT2D eigenvalue weighted by atomic mass is 9.93. The zero-order valence-electron chi connectivity index (χ0n) is 16.8. The summed E-state index contributed by atoms with van der Waals surface area (Å²) >= 11 is 6.06. The Hall–Kier alpha value is -1.56. The van der Waals surface area contributed by atoms with Gasteiger partial charge >= 0.3 is 0 Å². The molecular weight excluding hydrogens is 374 g/mol. The fourth-order valence-corrected chi connectivity index (χ4v) is 4.74. The maximum atomic E-state index is 12.9. The summed E-state index contributed by atoms with van der Waals surface area (Å²) in [5.74, 6) is 0.979. The van der Waals surface area contributed by atoms with Crippen molar-refractivity contribution in [1.29, 1.82) is 0 Å². The standard InChI is InChI=1S/C22H30ClN3O2/c1-15(21-13-17-12-18(23)5-6-20(17)28-21)24-22(27)16-4-3-9-26(14-16)19-7-10-25(2)11-8-19/h5-6,12-13,15-16,19H,3-4,7-11,14H2,1-2H3,(H,24,27). The largest absolute Gasteiger partial charge is 0.459 e. The first-order chi connectivity index (χ1) is 13.5. The molecule has 2 aliphatic heterocycles. The van der Waals surface area contributed by atoms with Gasteiger partial charge < -0.3 is 14.6 Å². The average molecular weight is 404 g/mol. The molecule has 2 fully saturated rings. The van der Waals surface area contributed by atoms with Crippen molar-refractivity contribution in [2.45, 2.75) is 44.7 Å². The van der Waals surface area contributed by atoms with Crippen molar-refractivity contribution in [3.63, 3.8) is 0 Å². The number of nitrogens with zero attached hydrogens (tertiary/aromatic N) is 2. The average Bonchev–Trinajstić information content (AvgIpc) is 3.12. The van der Waals surface area contributed by atoms with Gasteiger partial charge in [-0.15, -0.1) is 0 Å². The summed E-state index contributed by atoms with van der Waals surface area (Å²) in [5.41, 5.74) is 0.798. The van der Waals surface area contributed by atoms with Gasteiger partial charge in [0.1, 0.15) is 11.3 Å². The van der Waals surface area contributed by atoms with Gasteiger partial charge in [0.15, 0.2) is 0 Å². The maximum absolute atomic E-state index is 12.9. The number of carbonyl (C=O) groups excluding carboxylic acids is 1. The molecule has 2 aromatic rings. The summed E-state index contributed by atoms with van der Waals surface area (Å²) in [6, 6.07) is 8.02. The fraction of sp³-hybridized carbons (Fsp3) is 0.591. The van der Waals surface area contributed by atoms with Crippen molar-refractivity contribution in [2.24, 2.45) is 5.92 Å². The van der Waals surface area contributed by atoms with Crippen LogP contribution in [0.2, 0.25) is 5.02 Å². The highest BCUT2D eigenvalue weighted by Crippen LogP contribution is 2.28. The molecule has 4 rings (SSSR count). The van der Waals surface area contributed by atoms with Crippen molar-refractivity contribution in [1.82, 2.24) is 15.1 Å². The molecule has 0 spiro atoms. The molecule has 5 nitrogen and oxygen atoms in total. The van der Waals surface area contributed by atoms with Crippen molar-refractivity contribution in [3.8, 4) is 0 Å². The molecule has 0 saturated carbocycles. The van der Waals surface area contributed by atoms with Crippen LogP contribution in [0.3, 0.4) is 0 Å². The number of amides is 1. The first-order valence-electron chi connectivity index (χ1n) is 10.4. The molecule has 1 aromatic heterocycles. The predicted octanol–water partition coefficient (Wildman–Crippen LogP) is 4.07. The molecule has 2 atom stereocenters. The number of benzene rings is 1. The summed E-state index contributed by atoms with van der Waals surface area (Å²) in [6.45, 7) is 6.30. The molecule has 1 N–H and O–H groups in total. The normalized spacial score (nSPS) is 23.8. The Balaban J connectivity index is 1.36. The third kappa shape index (κ3) is 4.37. The molecule has 6 heteroatoms. The number of halogens is 1. The number of hydrogen-bond acceptors (Lipinski definition) is 4. The Morgan fingerprint density at radius 2 is 2.00 bits per heavy atom. The third-order valence-corrected chi connectivity index (χ3v) is 6.55. The van der Waals surface area contributed by atoms with E-state index in [1.165, 1.54) is 12.8 Å². The van der Waals surface area contributed by atoms with Crippen molar-refractivity contribution in [2.75, 3.05) is 33.2 Å². The Morgan fingerprint density at radius 3 is 2.79 bits per heavy atom. The van der Waals surface area contributed by atoms with Crippen LogP contribution in [-0.2, 0) is 4.79 Å². The van der Waals surface area contributed by atoms with E-state index in [1.807, 2.05) is 31.2 Å². The zero-order valence-corrected chi connectivity index (χ0v) is 17.5. The highest BCUT2D eigenvalue weighted by molar-refractivity contribution is 6.31. The maximum Gasteiger partial charge on any atom is 0.224 e. The second-order valence-electron chi connectivity index (χ2n) is 8.43. The van der Waals surface area contributed by atoms with Crippen LogP contribution < -0.4 is 5.32 Å². The minimum absolute atomic E-state index is 0.0645. The van der Waals surface area contributed by atoms with Gasteiger partial charge in [-0.05, 0) is 83.6 Å². The number of furan rings is 1. The summed E-state index contributed by atoms with van der Waals surface area (Å²) < 4.78 is 5.91. The van der Waals surface area contributed by atoms with E-state index in [-0.39, 0.29) is 17.9 Å². The Bertz CT molecular complexity index is 828. The number of rotatable bonds is 4. The van der Waals surface area contributed by atoms with E-state index in [0.29, 0.717) is 11.1 Å². The minimum atomic E-state index is -0.155.